The predicted molar refractivity (Wildman–Crippen MR) is 79.6 cm³/mol. The second kappa shape index (κ2) is 7.90. The van der Waals surface area contributed by atoms with E-state index in [1.807, 2.05) is 12.1 Å². The van der Waals surface area contributed by atoms with Crippen LogP contribution in [0.2, 0.25) is 0 Å². The minimum atomic E-state index is -0.289. The zero-order valence-electron chi connectivity index (χ0n) is 12.4. The van der Waals surface area contributed by atoms with Gasteiger partial charge >= 0.3 is 0 Å². The molecule has 0 heterocycles. The summed E-state index contributed by atoms with van der Waals surface area (Å²) >= 11 is 1.79. The second-order valence-electron chi connectivity index (χ2n) is 5.18. The fourth-order valence-electron chi connectivity index (χ4n) is 1.60. The molecule has 1 rings (SSSR count). The van der Waals surface area contributed by atoms with Gasteiger partial charge in [-0.3, -0.25) is 0 Å². The quantitative estimate of drug-likeness (QED) is 0.431. The maximum atomic E-state index is 5.69. The van der Waals surface area contributed by atoms with Gasteiger partial charge < -0.3 is 14.2 Å². The molecule has 0 N–H and O–H groups in total. The number of benzene rings is 1. The summed E-state index contributed by atoms with van der Waals surface area (Å²) in [6.07, 6.45) is -0.289. The minimum Gasteiger partial charge on any atom is -0.375 e. The van der Waals surface area contributed by atoms with Gasteiger partial charge in [0, 0.05) is 30.4 Å². The Hall–Kier alpha value is -0.550. The smallest absolute Gasteiger partial charge is 0.183 e. The van der Waals surface area contributed by atoms with E-state index in [1.165, 1.54) is 4.90 Å². The van der Waals surface area contributed by atoms with E-state index >= 15 is 0 Å². The highest BCUT2D eigenvalue weighted by molar-refractivity contribution is 7.99. The fraction of sp³-hybridized carbons (Fsp3) is 0.600. The maximum Gasteiger partial charge on any atom is 0.183 e. The van der Waals surface area contributed by atoms with Crippen LogP contribution in [-0.2, 0) is 14.2 Å². The number of ether oxygens (including phenoxy) is 3. The fourth-order valence-corrected chi connectivity index (χ4v) is 2.33. The summed E-state index contributed by atoms with van der Waals surface area (Å²) < 4.78 is 16.1. The molecule has 4 heteroatoms. The summed E-state index contributed by atoms with van der Waals surface area (Å²) in [4.78, 5) is 1.23. The lowest BCUT2D eigenvalue weighted by Gasteiger charge is -2.19. The van der Waals surface area contributed by atoms with Crippen molar-refractivity contribution in [2.24, 2.45) is 0 Å². The van der Waals surface area contributed by atoms with E-state index < -0.39 is 0 Å². The molecule has 0 bridgehead atoms. The van der Waals surface area contributed by atoms with E-state index in [0.717, 1.165) is 17.9 Å². The molecule has 0 unspecified atom stereocenters. The highest BCUT2D eigenvalue weighted by atomic mass is 32.2. The zero-order valence-corrected chi connectivity index (χ0v) is 13.3. The normalized spacial score (nSPS) is 12.1. The molecule has 0 aromatic heterocycles. The van der Waals surface area contributed by atoms with Gasteiger partial charge in [0.1, 0.15) is 0 Å². The summed E-state index contributed by atoms with van der Waals surface area (Å²) in [5, 5.41) is 0. The van der Waals surface area contributed by atoms with Crippen LogP contribution in [0.5, 0.6) is 0 Å². The van der Waals surface area contributed by atoms with Crippen LogP contribution in [0, 0.1) is 0 Å². The number of thioether (sulfide) groups is 1. The Balaban J connectivity index is 2.40. The van der Waals surface area contributed by atoms with Crippen LogP contribution < -0.4 is 0 Å². The van der Waals surface area contributed by atoms with E-state index in [4.69, 9.17) is 14.2 Å². The molecule has 0 aliphatic rings. The summed E-state index contributed by atoms with van der Waals surface area (Å²) in [7, 11) is 3.28. The molecule has 0 amide bonds. The highest BCUT2D eigenvalue weighted by Crippen LogP contribution is 2.23. The predicted octanol–water partition coefficient (Wildman–Crippen LogP) is 3.89. The average molecular weight is 284 g/mol. The van der Waals surface area contributed by atoms with Crippen LogP contribution in [0.25, 0.3) is 0 Å². The molecule has 1 aromatic carbocycles. The van der Waals surface area contributed by atoms with E-state index in [2.05, 4.69) is 32.9 Å². The Labute approximate surface area is 120 Å². The van der Waals surface area contributed by atoms with Crippen LogP contribution in [0.4, 0.5) is 0 Å². The molecule has 3 nitrogen and oxygen atoms in total. The molecular weight excluding hydrogens is 260 g/mol. The van der Waals surface area contributed by atoms with Crippen LogP contribution >= 0.6 is 11.8 Å². The third-order valence-corrected chi connectivity index (χ3v) is 3.44. The van der Waals surface area contributed by atoms with Crippen molar-refractivity contribution >= 4 is 11.8 Å². The van der Waals surface area contributed by atoms with E-state index in [0.29, 0.717) is 0 Å². The molecule has 19 heavy (non-hydrogen) atoms. The van der Waals surface area contributed by atoms with E-state index in [1.54, 1.807) is 26.0 Å². The van der Waals surface area contributed by atoms with E-state index in [-0.39, 0.29) is 11.9 Å². The first-order valence-electron chi connectivity index (χ1n) is 6.38. The molecule has 0 radical (unpaired) electrons. The van der Waals surface area contributed by atoms with Crippen molar-refractivity contribution in [3.63, 3.8) is 0 Å². The molecule has 0 spiro atoms. The van der Waals surface area contributed by atoms with E-state index in [9.17, 15) is 0 Å². The van der Waals surface area contributed by atoms with Crippen LogP contribution in [0.15, 0.2) is 29.2 Å². The van der Waals surface area contributed by atoms with Crippen molar-refractivity contribution < 1.29 is 14.2 Å². The van der Waals surface area contributed by atoms with Crippen molar-refractivity contribution in [1.82, 2.24) is 0 Å². The molecule has 0 saturated heterocycles. The lowest BCUT2D eigenvalue weighted by molar-refractivity contribution is -0.106. The Bertz CT molecular complexity index is 353. The largest absolute Gasteiger partial charge is 0.375 e. The summed E-state index contributed by atoms with van der Waals surface area (Å²) in [5.74, 6) is 0.953. The van der Waals surface area contributed by atoms with Crippen LogP contribution in [-0.4, -0.2) is 32.2 Å². The third kappa shape index (κ3) is 6.43. The standard InChI is InChI=1S/C15H24O3S/c1-15(2,3)18-10-11-19-13-8-6-12(7-9-13)14(16-4)17-5/h6-9,14H,10-11H2,1-5H3. The van der Waals surface area contributed by atoms with Gasteiger partial charge in [0.05, 0.1) is 12.2 Å². The third-order valence-electron chi connectivity index (χ3n) is 2.47. The van der Waals surface area contributed by atoms with Gasteiger partial charge in [-0.2, -0.15) is 0 Å². The van der Waals surface area contributed by atoms with Gasteiger partial charge in [0.25, 0.3) is 0 Å². The van der Waals surface area contributed by atoms with Gasteiger partial charge in [0.2, 0.25) is 0 Å². The number of methoxy groups -OCH3 is 2. The topological polar surface area (TPSA) is 27.7 Å². The number of rotatable bonds is 7. The van der Waals surface area contributed by atoms with Crippen molar-refractivity contribution in [2.75, 3.05) is 26.6 Å². The van der Waals surface area contributed by atoms with Crippen molar-refractivity contribution in [3.05, 3.63) is 29.8 Å². The number of hydrogen-bond acceptors (Lipinski definition) is 4. The molecule has 0 aliphatic heterocycles. The molecule has 108 valence electrons. The van der Waals surface area contributed by atoms with Gasteiger partial charge in [-0.15, -0.1) is 11.8 Å². The Kier molecular flexibility index (Phi) is 6.86. The van der Waals surface area contributed by atoms with Gasteiger partial charge in [-0.05, 0) is 32.9 Å². The zero-order chi connectivity index (χ0) is 14.3. The molecule has 0 saturated carbocycles. The molecule has 1 aromatic rings. The van der Waals surface area contributed by atoms with Crippen molar-refractivity contribution in [3.8, 4) is 0 Å². The SMILES string of the molecule is COC(OC)c1ccc(SCCOC(C)(C)C)cc1. The molecular formula is C15H24O3S. The molecule has 0 aliphatic carbocycles. The summed E-state index contributed by atoms with van der Waals surface area (Å²) in [6.45, 7) is 6.97. The Morgan fingerprint density at radius 3 is 2.11 bits per heavy atom. The lowest BCUT2D eigenvalue weighted by atomic mass is 10.2. The highest BCUT2D eigenvalue weighted by Gasteiger charge is 2.10. The average Bonchev–Trinajstić information content (AvgIpc) is 2.37. The number of hydrogen-bond donors (Lipinski definition) is 0. The first-order valence-corrected chi connectivity index (χ1v) is 7.37. The van der Waals surface area contributed by atoms with Crippen LogP contribution in [0.1, 0.15) is 32.6 Å². The maximum absolute atomic E-state index is 5.69. The van der Waals surface area contributed by atoms with Gasteiger partial charge in [-0.1, -0.05) is 12.1 Å². The van der Waals surface area contributed by atoms with Crippen molar-refractivity contribution in [2.45, 2.75) is 37.6 Å². The first-order chi connectivity index (χ1) is 8.96. The molecule has 0 fully saturated rings. The lowest BCUT2D eigenvalue weighted by Crippen LogP contribution is -2.20. The Morgan fingerprint density at radius 1 is 1.05 bits per heavy atom. The summed E-state index contributed by atoms with van der Waals surface area (Å²) in [5.41, 5.74) is 0.967. The molecule has 0 atom stereocenters. The minimum absolute atomic E-state index is 0.0609. The van der Waals surface area contributed by atoms with Gasteiger partial charge in [0.15, 0.2) is 6.29 Å². The monoisotopic (exact) mass is 284 g/mol. The van der Waals surface area contributed by atoms with Crippen LogP contribution in [0.3, 0.4) is 0 Å². The summed E-state index contributed by atoms with van der Waals surface area (Å²) in [6, 6.07) is 8.24. The van der Waals surface area contributed by atoms with Crippen molar-refractivity contribution in [1.29, 1.82) is 0 Å². The van der Waals surface area contributed by atoms with Gasteiger partial charge in [-0.25, -0.2) is 0 Å². The Morgan fingerprint density at radius 2 is 1.63 bits per heavy atom. The first kappa shape index (κ1) is 16.5. The second-order valence-corrected chi connectivity index (χ2v) is 6.35.